The van der Waals surface area contributed by atoms with E-state index in [4.69, 9.17) is 9.47 Å². The van der Waals surface area contributed by atoms with Gasteiger partial charge in [-0.2, -0.15) is 0 Å². The maximum Gasteiger partial charge on any atom is 0.338 e. The van der Waals surface area contributed by atoms with Gasteiger partial charge in [-0.1, -0.05) is 42.5 Å². The Labute approximate surface area is 220 Å². The summed E-state index contributed by atoms with van der Waals surface area (Å²) in [6.07, 6.45) is 2.19. The van der Waals surface area contributed by atoms with Crippen molar-refractivity contribution in [3.05, 3.63) is 90.0 Å². The second-order valence-electron chi connectivity index (χ2n) is 9.52. The third-order valence-corrected chi connectivity index (χ3v) is 7.27. The molecule has 1 N–H and O–H groups in total. The van der Waals surface area contributed by atoms with Gasteiger partial charge in [-0.15, -0.1) is 0 Å². The first-order chi connectivity index (χ1) is 18.5. The quantitative estimate of drug-likeness (QED) is 0.368. The Balaban J connectivity index is 1.20. The molecule has 0 radical (unpaired) electrons. The SMILES string of the molecule is COc1ccccc1NC(=O)COC(=O)c1ccc(N2C(=O)[C@H]3C[C@@H](c4ccccc4)CC[C@H]3C2=O)cc1. The number of nitrogens with zero attached hydrogens (tertiary/aromatic N) is 1. The predicted molar refractivity (Wildman–Crippen MR) is 141 cm³/mol. The minimum atomic E-state index is -0.690. The first kappa shape index (κ1) is 25.2. The van der Waals surface area contributed by atoms with E-state index in [1.807, 2.05) is 18.2 Å². The molecule has 0 spiro atoms. The Kier molecular flexibility index (Phi) is 7.22. The zero-order valence-electron chi connectivity index (χ0n) is 21.0. The highest BCUT2D eigenvalue weighted by Gasteiger charge is 2.50. The minimum absolute atomic E-state index is 0.185. The van der Waals surface area contributed by atoms with Crippen LogP contribution in [0.5, 0.6) is 5.75 Å². The maximum atomic E-state index is 13.3. The molecule has 0 unspecified atom stereocenters. The van der Waals surface area contributed by atoms with Crippen LogP contribution in [0.1, 0.15) is 41.1 Å². The van der Waals surface area contributed by atoms with Crippen molar-refractivity contribution in [3.63, 3.8) is 0 Å². The fourth-order valence-electron chi connectivity index (χ4n) is 5.36. The van der Waals surface area contributed by atoms with Gasteiger partial charge in [0, 0.05) is 0 Å². The highest BCUT2D eigenvalue weighted by Crippen LogP contribution is 2.45. The van der Waals surface area contributed by atoms with E-state index in [9.17, 15) is 19.2 Å². The largest absolute Gasteiger partial charge is 0.495 e. The van der Waals surface area contributed by atoms with Crippen molar-refractivity contribution in [2.75, 3.05) is 23.9 Å². The number of rotatable bonds is 7. The molecule has 1 aliphatic carbocycles. The number of nitrogens with one attached hydrogen (secondary N) is 1. The number of carbonyl (C=O) groups excluding carboxylic acids is 4. The van der Waals surface area contributed by atoms with E-state index in [0.29, 0.717) is 30.0 Å². The van der Waals surface area contributed by atoms with Gasteiger partial charge in [0.25, 0.3) is 5.91 Å². The van der Waals surface area contributed by atoms with Crippen LogP contribution in [0.3, 0.4) is 0 Å². The molecule has 194 valence electrons. The maximum absolute atomic E-state index is 13.3. The topological polar surface area (TPSA) is 102 Å². The molecule has 38 heavy (non-hydrogen) atoms. The van der Waals surface area contributed by atoms with Crippen LogP contribution in [0.15, 0.2) is 78.9 Å². The lowest BCUT2D eigenvalue weighted by Crippen LogP contribution is -2.30. The molecule has 2 aliphatic rings. The molecule has 1 saturated carbocycles. The number of anilines is 2. The number of carbonyl (C=O) groups is 4. The van der Waals surface area contributed by atoms with Crippen LogP contribution in [-0.2, 0) is 19.1 Å². The molecular weight excluding hydrogens is 484 g/mol. The number of ether oxygens (including phenoxy) is 2. The molecule has 3 atom stereocenters. The van der Waals surface area contributed by atoms with Gasteiger partial charge in [0.15, 0.2) is 6.61 Å². The first-order valence-electron chi connectivity index (χ1n) is 12.6. The van der Waals surface area contributed by atoms with E-state index in [1.54, 1.807) is 36.4 Å². The van der Waals surface area contributed by atoms with Gasteiger partial charge >= 0.3 is 5.97 Å². The molecule has 5 rings (SSSR count). The van der Waals surface area contributed by atoms with Gasteiger partial charge in [0.05, 0.1) is 35.9 Å². The zero-order chi connectivity index (χ0) is 26.6. The summed E-state index contributed by atoms with van der Waals surface area (Å²) < 4.78 is 10.3. The molecule has 1 saturated heterocycles. The first-order valence-corrected chi connectivity index (χ1v) is 12.6. The summed E-state index contributed by atoms with van der Waals surface area (Å²) in [5.41, 5.74) is 2.30. The Morgan fingerprint density at radius 3 is 2.29 bits per heavy atom. The van der Waals surface area contributed by atoms with E-state index >= 15 is 0 Å². The standard InChI is InChI=1S/C30H28N2O6/c1-37-26-10-6-5-9-25(26)31-27(33)18-38-30(36)20-11-14-22(15-12-20)32-28(34)23-16-13-21(17-24(23)29(32)35)19-7-3-2-4-8-19/h2-12,14-15,21,23-24H,13,16-18H2,1H3,(H,31,33)/t21-,23+,24-/m0/s1. The normalized spacial score (nSPS) is 20.6. The smallest absolute Gasteiger partial charge is 0.338 e. The van der Waals surface area contributed by atoms with Gasteiger partial charge in [-0.05, 0) is 67.1 Å². The summed E-state index contributed by atoms with van der Waals surface area (Å²) in [5, 5.41) is 2.64. The zero-order valence-corrected chi connectivity index (χ0v) is 21.0. The lowest BCUT2D eigenvalue weighted by atomic mass is 9.73. The van der Waals surface area contributed by atoms with Crippen molar-refractivity contribution < 1.29 is 28.7 Å². The number of fused-ring (bicyclic) bond motifs is 1. The number of esters is 1. The van der Waals surface area contributed by atoms with Crippen molar-refractivity contribution in [2.45, 2.75) is 25.2 Å². The summed E-state index contributed by atoms with van der Waals surface area (Å²) in [4.78, 5) is 52.4. The van der Waals surface area contributed by atoms with Gasteiger partial charge in [0.2, 0.25) is 11.8 Å². The molecular formula is C30H28N2O6. The average Bonchev–Trinajstić information content (AvgIpc) is 3.21. The van der Waals surface area contributed by atoms with E-state index < -0.39 is 18.5 Å². The fraction of sp³-hybridized carbons (Fsp3) is 0.267. The molecule has 8 heteroatoms. The van der Waals surface area contributed by atoms with Crippen LogP contribution in [-0.4, -0.2) is 37.4 Å². The number of benzene rings is 3. The van der Waals surface area contributed by atoms with E-state index in [1.165, 1.54) is 29.7 Å². The predicted octanol–water partition coefficient (Wildman–Crippen LogP) is 4.56. The van der Waals surface area contributed by atoms with Crippen molar-refractivity contribution >= 4 is 35.1 Å². The average molecular weight is 513 g/mol. The third kappa shape index (κ3) is 5.02. The highest BCUT2D eigenvalue weighted by molar-refractivity contribution is 6.22. The number of hydrogen-bond acceptors (Lipinski definition) is 6. The minimum Gasteiger partial charge on any atom is -0.495 e. The lowest BCUT2D eigenvalue weighted by molar-refractivity contribution is -0.122. The summed E-state index contributed by atoms with van der Waals surface area (Å²) >= 11 is 0. The molecule has 1 aliphatic heterocycles. The fourth-order valence-corrected chi connectivity index (χ4v) is 5.36. The number of imide groups is 1. The molecule has 3 amide bonds. The monoisotopic (exact) mass is 512 g/mol. The van der Waals surface area contributed by atoms with E-state index in [-0.39, 0.29) is 35.1 Å². The van der Waals surface area contributed by atoms with E-state index in [2.05, 4.69) is 17.4 Å². The number of methoxy groups -OCH3 is 1. The summed E-state index contributed by atoms with van der Waals surface area (Å²) in [7, 11) is 1.49. The van der Waals surface area contributed by atoms with Crippen molar-refractivity contribution in [1.29, 1.82) is 0 Å². The molecule has 0 bridgehead atoms. The van der Waals surface area contributed by atoms with Crippen molar-refractivity contribution in [2.24, 2.45) is 11.8 Å². The molecule has 1 heterocycles. The van der Waals surface area contributed by atoms with E-state index in [0.717, 1.165) is 6.42 Å². The van der Waals surface area contributed by atoms with Crippen LogP contribution in [0.2, 0.25) is 0 Å². The Morgan fingerprint density at radius 2 is 1.55 bits per heavy atom. The van der Waals surface area contributed by atoms with Crippen LogP contribution in [0.25, 0.3) is 0 Å². The molecule has 8 nitrogen and oxygen atoms in total. The molecule has 0 aromatic heterocycles. The summed E-state index contributed by atoms with van der Waals surface area (Å²) in [6.45, 7) is -0.479. The van der Waals surface area contributed by atoms with Gasteiger partial charge in [0.1, 0.15) is 5.75 Å². The van der Waals surface area contributed by atoms with Crippen LogP contribution in [0, 0.1) is 11.8 Å². The van der Waals surface area contributed by atoms with Gasteiger partial charge < -0.3 is 14.8 Å². The second kappa shape index (κ2) is 10.9. The van der Waals surface area contributed by atoms with Crippen LogP contribution < -0.4 is 15.0 Å². The second-order valence-corrected chi connectivity index (χ2v) is 9.52. The molecule has 3 aromatic rings. The van der Waals surface area contributed by atoms with Crippen LogP contribution >= 0.6 is 0 Å². The van der Waals surface area contributed by atoms with Gasteiger partial charge in [-0.25, -0.2) is 4.79 Å². The van der Waals surface area contributed by atoms with Crippen molar-refractivity contribution in [1.82, 2.24) is 0 Å². The summed E-state index contributed by atoms with van der Waals surface area (Å²) in [5.74, 6) is -1.48. The Morgan fingerprint density at radius 1 is 0.868 bits per heavy atom. The third-order valence-electron chi connectivity index (χ3n) is 7.27. The molecule has 3 aromatic carbocycles. The number of para-hydroxylation sites is 2. The van der Waals surface area contributed by atoms with Gasteiger partial charge in [-0.3, -0.25) is 19.3 Å². The van der Waals surface area contributed by atoms with Crippen molar-refractivity contribution in [3.8, 4) is 5.75 Å². The molecule has 2 fully saturated rings. The Hall–Kier alpha value is -4.46. The number of amides is 3. The van der Waals surface area contributed by atoms with Crippen LogP contribution in [0.4, 0.5) is 11.4 Å². The number of hydrogen-bond donors (Lipinski definition) is 1. The summed E-state index contributed by atoms with van der Waals surface area (Å²) in [6, 6.07) is 23.1. The highest BCUT2D eigenvalue weighted by atomic mass is 16.5. The Bertz CT molecular complexity index is 1350. The lowest BCUT2D eigenvalue weighted by Gasteiger charge is -2.28.